The van der Waals surface area contributed by atoms with E-state index in [0.717, 1.165) is 22.4 Å². The number of hydrogen-bond donors (Lipinski definition) is 1. The van der Waals surface area contributed by atoms with Gasteiger partial charge in [-0.1, -0.05) is 12.1 Å². The van der Waals surface area contributed by atoms with Gasteiger partial charge in [0.1, 0.15) is 11.9 Å². The molecule has 0 saturated carbocycles. The van der Waals surface area contributed by atoms with Gasteiger partial charge in [0, 0.05) is 12.0 Å². The Morgan fingerprint density at radius 1 is 1.37 bits per heavy atom. The Hall–Kier alpha value is -2.01. The third-order valence-electron chi connectivity index (χ3n) is 3.11. The Balaban J connectivity index is 1.95. The Labute approximate surface area is 114 Å². The summed E-state index contributed by atoms with van der Waals surface area (Å²) in [7, 11) is 0. The normalized spacial score (nSPS) is 17.4. The lowest BCUT2D eigenvalue weighted by atomic mass is 9.99. The van der Waals surface area contributed by atoms with E-state index < -0.39 is 6.09 Å². The molecule has 1 aliphatic heterocycles. The lowest BCUT2D eigenvalue weighted by Crippen LogP contribution is -2.22. The van der Waals surface area contributed by atoms with Crippen molar-refractivity contribution in [2.45, 2.75) is 12.5 Å². The van der Waals surface area contributed by atoms with E-state index in [4.69, 9.17) is 15.2 Å². The van der Waals surface area contributed by atoms with Gasteiger partial charge >= 0.3 is 6.09 Å². The van der Waals surface area contributed by atoms with Crippen LogP contribution in [0, 0.1) is 0 Å². The molecule has 1 aliphatic rings. The Bertz CT molecular complexity index is 595. The lowest BCUT2D eigenvalue weighted by Gasteiger charge is -2.25. The lowest BCUT2D eigenvalue weighted by molar-refractivity contribution is 0.0766. The number of ether oxygens (including phenoxy) is 2. The van der Waals surface area contributed by atoms with Crippen LogP contribution in [0.15, 0.2) is 35.0 Å². The molecular weight excluding hydrogens is 262 g/mol. The Morgan fingerprint density at radius 3 is 3.00 bits per heavy atom. The van der Waals surface area contributed by atoms with E-state index in [9.17, 15) is 4.79 Å². The zero-order chi connectivity index (χ0) is 13.2. The van der Waals surface area contributed by atoms with E-state index in [2.05, 4.69) is 11.4 Å². The highest BCUT2D eigenvalue weighted by atomic mass is 32.1. The summed E-state index contributed by atoms with van der Waals surface area (Å²) in [5.74, 6) is 0.765. The van der Waals surface area contributed by atoms with Gasteiger partial charge in [0.25, 0.3) is 0 Å². The van der Waals surface area contributed by atoms with Gasteiger partial charge in [-0.25, -0.2) is 4.79 Å². The predicted octanol–water partition coefficient (Wildman–Crippen LogP) is 3.33. The molecule has 2 heterocycles. The number of hydrogen-bond acceptors (Lipinski definition) is 4. The molecule has 2 aromatic rings. The first-order chi connectivity index (χ1) is 9.24. The molecule has 4 nitrogen and oxygen atoms in total. The number of primary amides is 1. The second-order valence-electron chi connectivity index (χ2n) is 4.33. The average Bonchev–Trinajstić information content (AvgIpc) is 2.91. The zero-order valence-corrected chi connectivity index (χ0v) is 11.0. The first-order valence-electron chi connectivity index (χ1n) is 5.99. The van der Waals surface area contributed by atoms with Gasteiger partial charge in [-0.05, 0) is 34.0 Å². The molecule has 1 aromatic heterocycles. The maximum Gasteiger partial charge on any atom is 0.405 e. The van der Waals surface area contributed by atoms with Crippen LogP contribution < -0.4 is 10.5 Å². The maximum absolute atomic E-state index is 10.9. The summed E-state index contributed by atoms with van der Waals surface area (Å²) >= 11 is 1.65. The van der Waals surface area contributed by atoms with Crippen LogP contribution in [-0.2, 0) is 4.74 Å². The minimum atomic E-state index is -0.750. The van der Waals surface area contributed by atoms with Crippen molar-refractivity contribution in [3.05, 3.63) is 40.6 Å². The fourth-order valence-corrected chi connectivity index (χ4v) is 2.89. The summed E-state index contributed by atoms with van der Waals surface area (Å²) in [4.78, 5) is 10.9. The molecule has 1 unspecified atom stereocenters. The molecule has 1 aromatic carbocycles. The second kappa shape index (κ2) is 4.93. The molecule has 0 spiro atoms. The largest absolute Gasteiger partial charge is 0.493 e. The van der Waals surface area contributed by atoms with Crippen molar-refractivity contribution in [3.8, 4) is 16.9 Å². The molecule has 0 radical (unpaired) electrons. The monoisotopic (exact) mass is 275 g/mol. The van der Waals surface area contributed by atoms with Crippen molar-refractivity contribution in [1.29, 1.82) is 0 Å². The van der Waals surface area contributed by atoms with E-state index in [-0.39, 0.29) is 6.10 Å². The molecule has 1 amide bonds. The van der Waals surface area contributed by atoms with Crippen LogP contribution in [0.1, 0.15) is 18.1 Å². The number of thiophene rings is 1. The highest BCUT2D eigenvalue weighted by molar-refractivity contribution is 7.08. The van der Waals surface area contributed by atoms with Crippen molar-refractivity contribution in [2.24, 2.45) is 5.73 Å². The van der Waals surface area contributed by atoms with Crippen LogP contribution in [0.2, 0.25) is 0 Å². The molecule has 5 heteroatoms. The third-order valence-corrected chi connectivity index (χ3v) is 3.79. The number of carbonyl (C=O) groups excluding carboxylic acids is 1. The SMILES string of the molecule is NC(=O)OC1CCOc2cc(-c3ccsc3)ccc21. The van der Waals surface area contributed by atoms with Crippen molar-refractivity contribution in [2.75, 3.05) is 6.61 Å². The summed E-state index contributed by atoms with van der Waals surface area (Å²) in [6, 6.07) is 7.99. The van der Waals surface area contributed by atoms with Gasteiger partial charge in [-0.2, -0.15) is 11.3 Å². The van der Waals surface area contributed by atoms with Crippen LogP contribution in [0.25, 0.3) is 11.1 Å². The van der Waals surface area contributed by atoms with Gasteiger partial charge in [-0.15, -0.1) is 0 Å². The maximum atomic E-state index is 10.9. The summed E-state index contributed by atoms with van der Waals surface area (Å²) in [5.41, 5.74) is 8.22. The van der Waals surface area contributed by atoms with E-state index in [0.29, 0.717) is 13.0 Å². The highest BCUT2D eigenvalue weighted by Crippen LogP contribution is 2.37. The quantitative estimate of drug-likeness (QED) is 0.914. The smallest absolute Gasteiger partial charge is 0.405 e. The number of fused-ring (bicyclic) bond motifs is 1. The molecule has 1 atom stereocenters. The molecule has 98 valence electrons. The molecule has 0 fully saturated rings. The minimum Gasteiger partial charge on any atom is -0.493 e. The van der Waals surface area contributed by atoms with Crippen LogP contribution >= 0.6 is 11.3 Å². The summed E-state index contributed by atoms with van der Waals surface area (Å²) in [6.45, 7) is 0.526. The average molecular weight is 275 g/mol. The van der Waals surface area contributed by atoms with Gasteiger partial charge < -0.3 is 15.2 Å². The number of benzene rings is 1. The summed E-state index contributed by atoms with van der Waals surface area (Å²) in [6.07, 6.45) is -0.425. The van der Waals surface area contributed by atoms with Crippen LogP contribution in [0.5, 0.6) is 5.75 Å². The van der Waals surface area contributed by atoms with Crippen LogP contribution in [0.3, 0.4) is 0 Å². The van der Waals surface area contributed by atoms with Crippen LogP contribution in [-0.4, -0.2) is 12.7 Å². The molecule has 0 bridgehead atoms. The number of rotatable bonds is 2. The van der Waals surface area contributed by atoms with E-state index in [1.54, 1.807) is 11.3 Å². The van der Waals surface area contributed by atoms with E-state index in [1.165, 1.54) is 0 Å². The van der Waals surface area contributed by atoms with Crippen molar-refractivity contribution < 1.29 is 14.3 Å². The zero-order valence-electron chi connectivity index (χ0n) is 10.2. The van der Waals surface area contributed by atoms with Crippen molar-refractivity contribution >= 4 is 17.4 Å². The first-order valence-corrected chi connectivity index (χ1v) is 6.94. The molecule has 0 saturated heterocycles. The molecule has 2 N–H and O–H groups in total. The molecule has 19 heavy (non-hydrogen) atoms. The summed E-state index contributed by atoms with van der Waals surface area (Å²) in [5, 5.41) is 4.12. The molecule has 3 rings (SSSR count). The van der Waals surface area contributed by atoms with Crippen molar-refractivity contribution in [1.82, 2.24) is 0 Å². The Kier molecular flexibility index (Phi) is 3.13. The van der Waals surface area contributed by atoms with Gasteiger partial charge in [0.15, 0.2) is 0 Å². The second-order valence-corrected chi connectivity index (χ2v) is 5.11. The number of nitrogens with two attached hydrogens (primary N) is 1. The fourth-order valence-electron chi connectivity index (χ4n) is 2.23. The Morgan fingerprint density at radius 2 is 2.26 bits per heavy atom. The van der Waals surface area contributed by atoms with Gasteiger partial charge in [0.05, 0.1) is 6.61 Å². The first kappa shape index (κ1) is 12.0. The van der Waals surface area contributed by atoms with Gasteiger partial charge in [0.2, 0.25) is 0 Å². The van der Waals surface area contributed by atoms with E-state index in [1.807, 2.05) is 23.6 Å². The van der Waals surface area contributed by atoms with Crippen molar-refractivity contribution in [3.63, 3.8) is 0 Å². The standard InChI is InChI=1S/C14H13NO3S/c15-14(16)18-12-3-5-17-13-7-9(1-2-11(12)13)10-4-6-19-8-10/h1-2,4,6-8,12H,3,5H2,(H2,15,16). The van der Waals surface area contributed by atoms with Gasteiger partial charge in [-0.3, -0.25) is 0 Å². The fraction of sp³-hybridized carbons (Fsp3) is 0.214. The van der Waals surface area contributed by atoms with Crippen LogP contribution in [0.4, 0.5) is 4.79 Å². The molecular formula is C14H13NO3S. The third kappa shape index (κ3) is 2.42. The molecule has 0 aliphatic carbocycles. The highest BCUT2D eigenvalue weighted by Gasteiger charge is 2.24. The summed E-state index contributed by atoms with van der Waals surface area (Å²) < 4.78 is 10.8. The van der Waals surface area contributed by atoms with E-state index >= 15 is 0 Å². The topological polar surface area (TPSA) is 61.6 Å². The number of carbonyl (C=O) groups is 1. The minimum absolute atomic E-state index is 0.308. The number of amides is 1. The predicted molar refractivity (Wildman–Crippen MR) is 73.3 cm³/mol.